The average molecular weight is 482 g/mol. The van der Waals surface area contributed by atoms with E-state index in [9.17, 15) is 14.7 Å². The number of aliphatic carboxylic acids is 1. The Labute approximate surface area is 207 Å². The van der Waals surface area contributed by atoms with Gasteiger partial charge in [0.25, 0.3) is 0 Å². The van der Waals surface area contributed by atoms with Gasteiger partial charge in [-0.25, -0.2) is 4.79 Å². The largest absolute Gasteiger partial charge is 0.481 e. The SMILES string of the molecule is Cc1nnc(-c2ccc([C@H](CC(=O)O)NC(=O)OCC3c4ccccc4-c4ccccc43)cc2)nn1. The molecular weight excluding hydrogens is 458 g/mol. The van der Waals surface area contributed by atoms with Crippen molar-refractivity contribution in [1.29, 1.82) is 0 Å². The van der Waals surface area contributed by atoms with Crippen LogP contribution in [0, 0.1) is 6.92 Å². The molecule has 0 unspecified atom stereocenters. The molecule has 1 aliphatic rings. The fraction of sp³-hybridized carbons (Fsp3) is 0.185. The van der Waals surface area contributed by atoms with E-state index in [1.807, 2.05) is 36.4 Å². The van der Waals surface area contributed by atoms with E-state index in [0.29, 0.717) is 22.8 Å². The maximum Gasteiger partial charge on any atom is 0.407 e. The number of amides is 1. The highest BCUT2D eigenvalue weighted by Gasteiger charge is 2.29. The molecule has 36 heavy (non-hydrogen) atoms. The van der Waals surface area contributed by atoms with Crippen molar-refractivity contribution < 1.29 is 19.4 Å². The van der Waals surface area contributed by atoms with Crippen molar-refractivity contribution in [2.75, 3.05) is 6.61 Å². The monoisotopic (exact) mass is 481 g/mol. The summed E-state index contributed by atoms with van der Waals surface area (Å²) in [6, 6.07) is 22.3. The lowest BCUT2D eigenvalue weighted by Gasteiger charge is -2.19. The number of carbonyl (C=O) groups excluding carboxylic acids is 1. The third-order valence-electron chi connectivity index (χ3n) is 6.16. The van der Waals surface area contributed by atoms with Crippen LogP contribution < -0.4 is 5.32 Å². The van der Waals surface area contributed by atoms with Crippen molar-refractivity contribution in [3.05, 3.63) is 95.3 Å². The maximum atomic E-state index is 12.7. The molecule has 1 amide bonds. The molecule has 0 aliphatic heterocycles. The third kappa shape index (κ3) is 4.76. The highest BCUT2D eigenvalue weighted by atomic mass is 16.5. The van der Waals surface area contributed by atoms with Crippen molar-refractivity contribution in [3.8, 4) is 22.5 Å². The minimum absolute atomic E-state index is 0.0860. The van der Waals surface area contributed by atoms with E-state index in [4.69, 9.17) is 4.74 Å². The number of aromatic nitrogens is 4. The minimum atomic E-state index is -1.04. The number of fused-ring (bicyclic) bond motifs is 3. The maximum absolute atomic E-state index is 12.7. The van der Waals surface area contributed by atoms with E-state index in [1.165, 1.54) is 0 Å². The summed E-state index contributed by atoms with van der Waals surface area (Å²) < 4.78 is 5.60. The fourth-order valence-corrected chi connectivity index (χ4v) is 4.47. The predicted octanol–water partition coefficient (Wildman–Crippen LogP) is 4.30. The summed E-state index contributed by atoms with van der Waals surface area (Å²) in [6.45, 7) is 1.84. The van der Waals surface area contributed by atoms with Crippen molar-refractivity contribution in [2.24, 2.45) is 0 Å². The second-order valence-corrected chi connectivity index (χ2v) is 8.51. The average Bonchev–Trinajstić information content (AvgIpc) is 3.21. The number of ether oxygens (including phenoxy) is 1. The molecule has 0 bridgehead atoms. The number of nitrogens with zero attached hydrogens (tertiary/aromatic N) is 4. The molecule has 180 valence electrons. The standard InChI is InChI=1S/C27H23N5O4/c1-16-29-31-26(32-30-16)18-12-10-17(11-13-18)24(14-25(33)34)28-27(35)36-15-23-21-8-4-2-6-19(21)20-7-3-5-9-22(20)23/h2-13,23-24H,14-15H2,1H3,(H,28,35)(H,33,34)/t24-/m0/s1. The van der Waals surface area contributed by atoms with Gasteiger partial charge in [0, 0.05) is 11.5 Å². The van der Waals surface area contributed by atoms with Gasteiger partial charge in [-0.05, 0) is 34.7 Å². The summed E-state index contributed by atoms with van der Waals surface area (Å²) in [5.74, 6) is -0.314. The van der Waals surface area contributed by atoms with Gasteiger partial charge in [-0.1, -0.05) is 72.8 Å². The molecule has 9 heteroatoms. The Balaban J connectivity index is 1.29. The van der Waals surface area contributed by atoms with E-state index in [2.05, 4.69) is 37.8 Å². The highest BCUT2D eigenvalue weighted by Crippen LogP contribution is 2.44. The number of hydrogen-bond donors (Lipinski definition) is 2. The number of rotatable bonds is 7. The minimum Gasteiger partial charge on any atom is -0.481 e. The predicted molar refractivity (Wildman–Crippen MR) is 131 cm³/mol. The normalized spacial score (nSPS) is 12.9. The number of aryl methyl sites for hydroxylation is 1. The number of nitrogens with one attached hydrogen (secondary N) is 1. The molecule has 1 heterocycles. The summed E-state index contributed by atoms with van der Waals surface area (Å²) >= 11 is 0. The number of benzene rings is 3. The fourth-order valence-electron chi connectivity index (χ4n) is 4.47. The Bertz CT molecular complexity index is 1360. The molecule has 2 N–H and O–H groups in total. The van der Waals surface area contributed by atoms with Crippen LogP contribution in [0.3, 0.4) is 0 Å². The molecule has 0 saturated carbocycles. The molecule has 1 atom stereocenters. The van der Waals surface area contributed by atoms with Crippen molar-refractivity contribution in [1.82, 2.24) is 25.7 Å². The van der Waals surface area contributed by atoms with Gasteiger partial charge in [0.15, 0.2) is 5.82 Å². The van der Waals surface area contributed by atoms with Gasteiger partial charge in [-0.3, -0.25) is 4.79 Å². The van der Waals surface area contributed by atoms with Gasteiger partial charge in [-0.15, -0.1) is 20.4 Å². The Morgan fingerprint density at radius 1 is 0.889 bits per heavy atom. The molecule has 5 rings (SSSR count). The van der Waals surface area contributed by atoms with Crippen LogP contribution in [-0.2, 0) is 9.53 Å². The van der Waals surface area contributed by atoms with E-state index < -0.39 is 18.1 Å². The van der Waals surface area contributed by atoms with Gasteiger partial charge in [0.2, 0.25) is 5.82 Å². The van der Waals surface area contributed by atoms with Crippen LogP contribution in [0.15, 0.2) is 72.8 Å². The summed E-state index contributed by atoms with van der Waals surface area (Å²) in [5.41, 5.74) is 5.76. The topological polar surface area (TPSA) is 127 Å². The van der Waals surface area contributed by atoms with Crippen LogP contribution in [0.4, 0.5) is 4.79 Å². The van der Waals surface area contributed by atoms with Gasteiger partial charge >= 0.3 is 12.1 Å². The number of carboxylic acids is 1. The molecule has 0 radical (unpaired) electrons. The summed E-state index contributed by atoms with van der Waals surface area (Å²) in [5, 5.41) is 27.9. The van der Waals surface area contributed by atoms with Crippen LogP contribution in [0.25, 0.3) is 22.5 Å². The van der Waals surface area contributed by atoms with Gasteiger partial charge in [0.1, 0.15) is 6.61 Å². The molecule has 0 saturated heterocycles. The lowest BCUT2D eigenvalue weighted by Crippen LogP contribution is -2.31. The molecule has 1 aromatic heterocycles. The Kier molecular flexibility index (Phi) is 6.36. The number of alkyl carbamates (subject to hydrolysis) is 1. The van der Waals surface area contributed by atoms with Crippen molar-refractivity contribution >= 4 is 12.1 Å². The highest BCUT2D eigenvalue weighted by molar-refractivity contribution is 5.79. The summed E-state index contributed by atoms with van der Waals surface area (Å²) in [4.78, 5) is 24.2. The summed E-state index contributed by atoms with van der Waals surface area (Å²) in [6.07, 6.45) is -0.976. The number of carbonyl (C=O) groups is 2. The summed E-state index contributed by atoms with van der Waals surface area (Å²) in [7, 11) is 0. The first-order valence-corrected chi connectivity index (χ1v) is 11.5. The van der Waals surface area contributed by atoms with Gasteiger partial charge < -0.3 is 15.2 Å². The third-order valence-corrected chi connectivity index (χ3v) is 6.16. The Morgan fingerprint density at radius 3 is 2.06 bits per heavy atom. The Hall–Kier alpha value is -4.66. The van der Waals surface area contributed by atoms with Gasteiger partial charge in [-0.2, -0.15) is 0 Å². The lowest BCUT2D eigenvalue weighted by atomic mass is 9.98. The quantitative estimate of drug-likeness (QED) is 0.400. The van der Waals surface area contributed by atoms with E-state index in [-0.39, 0.29) is 18.9 Å². The van der Waals surface area contributed by atoms with Crippen LogP contribution in [0.1, 0.15) is 40.9 Å². The van der Waals surface area contributed by atoms with E-state index in [0.717, 1.165) is 22.3 Å². The Morgan fingerprint density at radius 2 is 1.47 bits per heavy atom. The second kappa shape index (κ2) is 9.91. The zero-order valence-electron chi connectivity index (χ0n) is 19.5. The van der Waals surface area contributed by atoms with Crippen molar-refractivity contribution in [3.63, 3.8) is 0 Å². The number of hydrogen-bond acceptors (Lipinski definition) is 7. The number of carboxylic acid groups (broad SMARTS) is 1. The van der Waals surface area contributed by atoms with Crippen LogP contribution >= 0.6 is 0 Å². The molecule has 3 aromatic carbocycles. The first-order valence-electron chi connectivity index (χ1n) is 11.5. The zero-order chi connectivity index (χ0) is 25.1. The molecule has 4 aromatic rings. The van der Waals surface area contributed by atoms with Crippen LogP contribution in [-0.4, -0.2) is 44.2 Å². The first kappa shape index (κ1) is 23.1. The van der Waals surface area contributed by atoms with Crippen LogP contribution in [0.5, 0.6) is 0 Å². The van der Waals surface area contributed by atoms with Crippen molar-refractivity contribution in [2.45, 2.75) is 25.3 Å². The molecule has 9 nitrogen and oxygen atoms in total. The first-order chi connectivity index (χ1) is 17.5. The lowest BCUT2D eigenvalue weighted by molar-refractivity contribution is -0.137. The van der Waals surface area contributed by atoms with E-state index >= 15 is 0 Å². The second-order valence-electron chi connectivity index (χ2n) is 8.51. The molecule has 0 fully saturated rings. The smallest absolute Gasteiger partial charge is 0.407 e. The molecule has 1 aliphatic carbocycles. The van der Waals surface area contributed by atoms with Crippen LogP contribution in [0.2, 0.25) is 0 Å². The molecule has 0 spiro atoms. The van der Waals surface area contributed by atoms with Gasteiger partial charge in [0.05, 0.1) is 12.5 Å². The molecular formula is C27H23N5O4. The van der Waals surface area contributed by atoms with E-state index in [1.54, 1.807) is 31.2 Å². The zero-order valence-corrected chi connectivity index (χ0v) is 19.5.